The van der Waals surface area contributed by atoms with Crippen molar-refractivity contribution < 1.29 is 0 Å². The molecule has 1 aromatic carbocycles. The van der Waals surface area contributed by atoms with Crippen LogP contribution < -0.4 is 5.73 Å². The van der Waals surface area contributed by atoms with Crippen LogP contribution in [0.2, 0.25) is 0 Å². The Bertz CT molecular complexity index is 485. The molecule has 1 atom stereocenters. The summed E-state index contributed by atoms with van der Waals surface area (Å²) in [5.74, 6) is 0.709. The molecule has 1 heterocycles. The average Bonchev–Trinajstić information content (AvgIpc) is 2.68. The van der Waals surface area contributed by atoms with Gasteiger partial charge in [-0.1, -0.05) is 38.5 Å². The van der Waals surface area contributed by atoms with Crippen LogP contribution in [0.3, 0.4) is 0 Å². The molecule has 0 radical (unpaired) electrons. The lowest BCUT2D eigenvalue weighted by molar-refractivity contribution is 0.446. The fourth-order valence-electron chi connectivity index (χ4n) is 2.55. The van der Waals surface area contributed by atoms with Crippen LogP contribution in [0.25, 0.3) is 10.9 Å². The largest absolute Gasteiger partial charge is 0.343 e. The Labute approximate surface area is 103 Å². The molecule has 0 aliphatic carbocycles. The summed E-state index contributed by atoms with van der Waals surface area (Å²) in [5.41, 5.74) is 8.40. The van der Waals surface area contributed by atoms with Crippen molar-refractivity contribution in [3.63, 3.8) is 0 Å². The van der Waals surface area contributed by atoms with Crippen molar-refractivity contribution in [2.45, 2.75) is 39.8 Å². The summed E-state index contributed by atoms with van der Waals surface area (Å²) < 4.78 is 2.38. The number of hydrogen-bond donors (Lipinski definition) is 1. The third kappa shape index (κ3) is 2.52. The number of nitrogens with two attached hydrogens (primary N) is 1. The molecule has 2 heteroatoms. The standard InChI is InChI=1S/C15H22N2/c1-3-6-12(2)11-17-14(10-16)9-13-7-4-5-8-15(13)17/h4-5,7-9,12H,3,6,10-11,16H2,1-2H3. The second kappa shape index (κ2) is 5.37. The first-order valence-corrected chi connectivity index (χ1v) is 6.53. The van der Waals surface area contributed by atoms with Gasteiger partial charge in [-0.3, -0.25) is 0 Å². The van der Waals surface area contributed by atoms with Crippen LogP contribution in [0.4, 0.5) is 0 Å². The first-order valence-electron chi connectivity index (χ1n) is 6.53. The number of fused-ring (bicyclic) bond motifs is 1. The van der Waals surface area contributed by atoms with Crippen LogP contribution in [0.15, 0.2) is 30.3 Å². The lowest BCUT2D eigenvalue weighted by Crippen LogP contribution is -2.12. The van der Waals surface area contributed by atoms with Gasteiger partial charge in [-0.05, 0) is 29.9 Å². The molecule has 0 aliphatic rings. The monoisotopic (exact) mass is 230 g/mol. The highest BCUT2D eigenvalue weighted by atomic mass is 15.0. The van der Waals surface area contributed by atoms with E-state index in [0.29, 0.717) is 12.5 Å². The molecule has 0 spiro atoms. The molecule has 0 saturated heterocycles. The maximum atomic E-state index is 5.84. The van der Waals surface area contributed by atoms with E-state index in [2.05, 4.69) is 48.7 Å². The normalized spacial score (nSPS) is 13.1. The minimum atomic E-state index is 0.619. The Kier molecular flexibility index (Phi) is 3.85. The third-order valence-electron chi connectivity index (χ3n) is 3.38. The summed E-state index contributed by atoms with van der Waals surface area (Å²) in [5, 5.41) is 1.30. The summed E-state index contributed by atoms with van der Waals surface area (Å²) >= 11 is 0. The highest BCUT2D eigenvalue weighted by molar-refractivity contribution is 5.81. The maximum Gasteiger partial charge on any atom is 0.0483 e. The molecule has 0 aliphatic heterocycles. The summed E-state index contributed by atoms with van der Waals surface area (Å²) in [6, 6.07) is 10.8. The molecule has 1 unspecified atom stereocenters. The van der Waals surface area contributed by atoms with Crippen molar-refractivity contribution >= 4 is 10.9 Å². The number of hydrogen-bond acceptors (Lipinski definition) is 1. The first-order chi connectivity index (χ1) is 8.26. The fraction of sp³-hybridized carbons (Fsp3) is 0.467. The van der Waals surface area contributed by atoms with Gasteiger partial charge < -0.3 is 10.3 Å². The molecule has 1 aromatic heterocycles. The van der Waals surface area contributed by atoms with Crippen molar-refractivity contribution in [3.8, 4) is 0 Å². The molecule has 2 aromatic rings. The van der Waals surface area contributed by atoms with E-state index < -0.39 is 0 Å². The Morgan fingerprint density at radius 3 is 2.76 bits per heavy atom. The molecule has 0 fully saturated rings. The first kappa shape index (κ1) is 12.2. The Hall–Kier alpha value is -1.28. The summed E-state index contributed by atoms with van der Waals surface area (Å²) in [6.45, 7) is 6.26. The molecule has 2 nitrogen and oxygen atoms in total. The van der Waals surface area contributed by atoms with Crippen molar-refractivity contribution in [2.24, 2.45) is 11.7 Å². The van der Waals surface area contributed by atoms with E-state index in [1.165, 1.54) is 29.4 Å². The molecular weight excluding hydrogens is 208 g/mol. The van der Waals surface area contributed by atoms with Gasteiger partial charge in [0.1, 0.15) is 0 Å². The zero-order valence-electron chi connectivity index (χ0n) is 10.8. The maximum absolute atomic E-state index is 5.84. The van der Waals surface area contributed by atoms with Crippen molar-refractivity contribution in [1.29, 1.82) is 0 Å². The minimum absolute atomic E-state index is 0.619. The molecular formula is C15H22N2. The number of aromatic nitrogens is 1. The van der Waals surface area contributed by atoms with Gasteiger partial charge in [0.05, 0.1) is 0 Å². The topological polar surface area (TPSA) is 30.9 Å². The summed E-state index contributed by atoms with van der Waals surface area (Å²) in [6.07, 6.45) is 2.52. The quantitative estimate of drug-likeness (QED) is 0.837. The Morgan fingerprint density at radius 1 is 1.29 bits per heavy atom. The summed E-state index contributed by atoms with van der Waals surface area (Å²) in [7, 11) is 0. The number of para-hydroxylation sites is 1. The van der Waals surface area contributed by atoms with E-state index in [-0.39, 0.29) is 0 Å². The molecule has 17 heavy (non-hydrogen) atoms. The van der Waals surface area contributed by atoms with Gasteiger partial charge in [0.25, 0.3) is 0 Å². The highest BCUT2D eigenvalue weighted by Gasteiger charge is 2.09. The van der Waals surface area contributed by atoms with Gasteiger partial charge in [-0.25, -0.2) is 0 Å². The van der Waals surface area contributed by atoms with Gasteiger partial charge in [0.2, 0.25) is 0 Å². The second-order valence-electron chi connectivity index (χ2n) is 4.90. The molecule has 0 bridgehead atoms. The van der Waals surface area contributed by atoms with E-state index in [0.717, 1.165) is 6.54 Å². The second-order valence-corrected chi connectivity index (χ2v) is 4.90. The van der Waals surface area contributed by atoms with E-state index in [1.54, 1.807) is 0 Å². The smallest absolute Gasteiger partial charge is 0.0483 e. The molecule has 2 N–H and O–H groups in total. The van der Waals surface area contributed by atoms with Crippen LogP contribution in [-0.4, -0.2) is 4.57 Å². The Morgan fingerprint density at radius 2 is 2.06 bits per heavy atom. The van der Waals surface area contributed by atoms with E-state index in [1.807, 2.05) is 0 Å². The van der Waals surface area contributed by atoms with Crippen molar-refractivity contribution in [3.05, 3.63) is 36.0 Å². The highest BCUT2D eigenvalue weighted by Crippen LogP contribution is 2.22. The van der Waals surface area contributed by atoms with Gasteiger partial charge >= 0.3 is 0 Å². The predicted molar refractivity (Wildman–Crippen MR) is 73.9 cm³/mol. The van der Waals surface area contributed by atoms with E-state index in [9.17, 15) is 0 Å². The van der Waals surface area contributed by atoms with Gasteiger partial charge in [0, 0.05) is 24.3 Å². The zero-order chi connectivity index (χ0) is 12.3. The number of nitrogens with zero attached hydrogens (tertiary/aromatic N) is 1. The van der Waals surface area contributed by atoms with Gasteiger partial charge in [0.15, 0.2) is 0 Å². The SMILES string of the molecule is CCCC(C)Cn1c(CN)cc2ccccc21. The van der Waals surface area contributed by atoms with Gasteiger partial charge in [-0.15, -0.1) is 0 Å². The third-order valence-corrected chi connectivity index (χ3v) is 3.38. The van der Waals surface area contributed by atoms with Crippen LogP contribution in [0, 0.1) is 5.92 Å². The van der Waals surface area contributed by atoms with Crippen LogP contribution in [0.5, 0.6) is 0 Å². The lowest BCUT2D eigenvalue weighted by Gasteiger charge is -2.15. The lowest BCUT2D eigenvalue weighted by atomic mass is 10.1. The average molecular weight is 230 g/mol. The molecule has 2 rings (SSSR count). The van der Waals surface area contributed by atoms with E-state index >= 15 is 0 Å². The van der Waals surface area contributed by atoms with Crippen LogP contribution in [0.1, 0.15) is 32.4 Å². The molecule has 92 valence electrons. The van der Waals surface area contributed by atoms with Gasteiger partial charge in [-0.2, -0.15) is 0 Å². The zero-order valence-corrected chi connectivity index (χ0v) is 10.8. The number of benzene rings is 1. The van der Waals surface area contributed by atoms with Crippen LogP contribution >= 0.6 is 0 Å². The fourth-order valence-corrected chi connectivity index (χ4v) is 2.55. The number of rotatable bonds is 5. The molecule has 0 saturated carbocycles. The minimum Gasteiger partial charge on any atom is -0.343 e. The van der Waals surface area contributed by atoms with Crippen LogP contribution in [-0.2, 0) is 13.1 Å². The van der Waals surface area contributed by atoms with Crippen molar-refractivity contribution in [1.82, 2.24) is 4.57 Å². The summed E-state index contributed by atoms with van der Waals surface area (Å²) in [4.78, 5) is 0. The van der Waals surface area contributed by atoms with Crippen molar-refractivity contribution in [2.75, 3.05) is 0 Å². The predicted octanol–water partition coefficient (Wildman–Crippen LogP) is 3.54. The van der Waals surface area contributed by atoms with E-state index in [4.69, 9.17) is 5.73 Å². The molecule has 0 amide bonds. The Balaban J connectivity index is 2.36.